The van der Waals surface area contributed by atoms with Crippen LogP contribution in [0.4, 0.5) is 10.1 Å². The molecule has 0 saturated carbocycles. The Morgan fingerprint density at radius 1 is 1.12 bits per heavy atom. The maximum absolute atomic E-state index is 13.9. The number of anilines is 1. The van der Waals surface area contributed by atoms with Gasteiger partial charge in [-0.05, 0) is 55.8 Å². The fourth-order valence-electron chi connectivity index (χ4n) is 3.15. The fourth-order valence-corrected chi connectivity index (χ4v) is 3.89. The number of nitrogens with zero attached hydrogens (tertiary/aromatic N) is 1. The molecule has 33 heavy (non-hydrogen) atoms. The van der Waals surface area contributed by atoms with Gasteiger partial charge in [-0.3, -0.25) is 9.59 Å². The SMILES string of the molecule is CCCCC(=O)NONS(=O)(=O)c1ccc(NC(=O)[C@@H](C)n2ccc3c(F)cccc32)cc1. The number of hydroxylamine groups is 1. The molecule has 0 aliphatic heterocycles. The number of amides is 2. The lowest BCUT2D eigenvalue weighted by molar-refractivity contribution is -0.136. The minimum atomic E-state index is -4.04. The summed E-state index contributed by atoms with van der Waals surface area (Å²) < 4.78 is 40.1. The number of unbranched alkanes of at least 4 members (excludes halogenated alkanes) is 1. The first-order valence-corrected chi connectivity index (χ1v) is 11.8. The zero-order valence-corrected chi connectivity index (χ0v) is 19.0. The lowest BCUT2D eigenvalue weighted by Crippen LogP contribution is -2.34. The van der Waals surface area contributed by atoms with Crippen molar-refractivity contribution in [3.05, 3.63) is 60.5 Å². The van der Waals surface area contributed by atoms with Gasteiger partial charge in [0.2, 0.25) is 11.8 Å². The van der Waals surface area contributed by atoms with Crippen LogP contribution in [0.5, 0.6) is 0 Å². The van der Waals surface area contributed by atoms with E-state index in [9.17, 15) is 22.4 Å². The second-order valence-electron chi connectivity index (χ2n) is 7.40. The molecular weight excluding hydrogens is 451 g/mol. The second-order valence-corrected chi connectivity index (χ2v) is 9.05. The van der Waals surface area contributed by atoms with E-state index in [-0.39, 0.29) is 23.0 Å². The Morgan fingerprint density at radius 3 is 2.55 bits per heavy atom. The van der Waals surface area contributed by atoms with Crippen molar-refractivity contribution in [3.63, 3.8) is 0 Å². The van der Waals surface area contributed by atoms with Crippen molar-refractivity contribution < 1.29 is 27.3 Å². The van der Waals surface area contributed by atoms with E-state index in [1.165, 1.54) is 30.3 Å². The normalized spacial score (nSPS) is 12.5. The summed E-state index contributed by atoms with van der Waals surface area (Å²) in [5, 5.41) is 3.13. The highest BCUT2D eigenvalue weighted by molar-refractivity contribution is 7.89. The van der Waals surface area contributed by atoms with Crippen LogP contribution in [0, 0.1) is 5.82 Å². The first-order valence-electron chi connectivity index (χ1n) is 10.4. The van der Waals surface area contributed by atoms with Gasteiger partial charge in [0.25, 0.3) is 10.0 Å². The molecule has 3 N–H and O–H groups in total. The predicted molar refractivity (Wildman–Crippen MR) is 121 cm³/mol. The van der Waals surface area contributed by atoms with Crippen LogP contribution >= 0.6 is 0 Å². The average molecular weight is 477 g/mol. The Hall–Kier alpha value is -3.28. The van der Waals surface area contributed by atoms with E-state index in [2.05, 4.69) is 10.3 Å². The fraction of sp³-hybridized carbons (Fsp3) is 0.273. The Bertz CT molecular complexity index is 1240. The number of benzene rings is 2. The Labute approximate surface area is 190 Å². The number of hydrogen-bond donors (Lipinski definition) is 3. The molecule has 1 aromatic heterocycles. The van der Waals surface area contributed by atoms with Gasteiger partial charge in [0, 0.05) is 23.7 Å². The van der Waals surface area contributed by atoms with Gasteiger partial charge in [-0.2, -0.15) is 4.94 Å². The minimum absolute atomic E-state index is 0.122. The van der Waals surface area contributed by atoms with Crippen LogP contribution in [0.3, 0.4) is 0 Å². The molecule has 0 radical (unpaired) electrons. The van der Waals surface area contributed by atoms with Crippen molar-refractivity contribution >= 4 is 38.4 Å². The molecule has 3 aromatic rings. The minimum Gasteiger partial charge on any atom is -0.335 e. The van der Waals surface area contributed by atoms with Crippen LogP contribution in [-0.2, 0) is 24.6 Å². The van der Waals surface area contributed by atoms with E-state index in [0.717, 1.165) is 6.42 Å². The van der Waals surface area contributed by atoms with Crippen molar-refractivity contribution in [3.8, 4) is 0 Å². The number of halogens is 1. The molecule has 0 aliphatic rings. The number of nitrogens with one attached hydrogen (secondary N) is 3. The van der Waals surface area contributed by atoms with Gasteiger partial charge in [-0.1, -0.05) is 24.3 Å². The number of fused-ring (bicyclic) bond motifs is 1. The van der Waals surface area contributed by atoms with Gasteiger partial charge >= 0.3 is 0 Å². The maximum Gasteiger partial charge on any atom is 0.264 e. The topological polar surface area (TPSA) is 119 Å². The quantitative estimate of drug-likeness (QED) is 0.388. The lowest BCUT2D eigenvalue weighted by atomic mass is 10.2. The smallest absolute Gasteiger partial charge is 0.264 e. The number of rotatable bonds is 10. The van der Waals surface area contributed by atoms with Crippen molar-refractivity contribution in [2.45, 2.75) is 44.0 Å². The van der Waals surface area contributed by atoms with Crippen LogP contribution in [0.15, 0.2) is 59.6 Å². The summed E-state index contributed by atoms with van der Waals surface area (Å²) in [7, 11) is -4.04. The zero-order valence-electron chi connectivity index (χ0n) is 18.2. The first kappa shape index (κ1) is 24.4. The van der Waals surface area contributed by atoms with E-state index in [1.807, 2.05) is 17.3 Å². The van der Waals surface area contributed by atoms with Crippen molar-refractivity contribution in [1.29, 1.82) is 0 Å². The summed E-state index contributed by atoms with van der Waals surface area (Å²) in [5.41, 5.74) is 2.98. The van der Waals surface area contributed by atoms with E-state index < -0.39 is 22.0 Å². The Balaban J connectivity index is 1.60. The largest absolute Gasteiger partial charge is 0.335 e. The highest BCUT2D eigenvalue weighted by Gasteiger charge is 2.19. The monoisotopic (exact) mass is 476 g/mol. The molecular formula is C22H25FN4O5S. The summed E-state index contributed by atoms with van der Waals surface area (Å²) in [6.45, 7) is 3.60. The number of aromatic nitrogens is 1. The zero-order chi connectivity index (χ0) is 24.0. The van der Waals surface area contributed by atoms with Gasteiger partial charge in [0.1, 0.15) is 11.9 Å². The molecule has 0 saturated heterocycles. The number of carbonyl (C=O) groups is 2. The molecule has 1 atom stereocenters. The van der Waals surface area contributed by atoms with Crippen molar-refractivity contribution in [2.24, 2.45) is 0 Å². The molecule has 11 heteroatoms. The van der Waals surface area contributed by atoms with Gasteiger partial charge in [0.05, 0.1) is 10.4 Å². The number of sulfonamides is 1. The lowest BCUT2D eigenvalue weighted by Gasteiger charge is -2.16. The van der Waals surface area contributed by atoms with E-state index in [1.54, 1.807) is 35.9 Å². The average Bonchev–Trinajstić information content (AvgIpc) is 3.23. The molecule has 1 heterocycles. The first-order chi connectivity index (χ1) is 15.7. The van der Waals surface area contributed by atoms with Gasteiger partial charge in [-0.15, -0.1) is 0 Å². The second kappa shape index (κ2) is 10.6. The highest BCUT2D eigenvalue weighted by Crippen LogP contribution is 2.23. The molecule has 176 valence electrons. The summed E-state index contributed by atoms with van der Waals surface area (Å²) in [6.07, 6.45) is 3.34. The van der Waals surface area contributed by atoms with Gasteiger partial charge in [0.15, 0.2) is 0 Å². The molecule has 0 bridgehead atoms. The summed E-state index contributed by atoms with van der Waals surface area (Å²) >= 11 is 0. The van der Waals surface area contributed by atoms with Gasteiger partial charge in [-0.25, -0.2) is 18.3 Å². The van der Waals surface area contributed by atoms with Crippen molar-refractivity contribution in [2.75, 3.05) is 5.32 Å². The molecule has 2 amide bonds. The summed E-state index contributed by atoms with van der Waals surface area (Å²) in [6, 6.07) is 11.0. The van der Waals surface area contributed by atoms with Crippen LogP contribution in [0.25, 0.3) is 10.9 Å². The molecule has 2 aromatic carbocycles. The van der Waals surface area contributed by atoms with Crippen molar-refractivity contribution in [1.82, 2.24) is 14.9 Å². The predicted octanol–water partition coefficient (Wildman–Crippen LogP) is 3.41. The summed E-state index contributed by atoms with van der Waals surface area (Å²) in [4.78, 5) is 30.4. The standard InChI is InChI=1S/C22H25FN4O5S/c1-3-4-8-21(28)25-32-26-33(30,31)17-11-9-16(10-12-17)24-22(29)15(2)27-14-13-18-19(23)6-5-7-20(18)27/h5-7,9-15,26H,3-4,8H2,1-2H3,(H,24,29)(H,25,28)/t15-/m1/s1. The molecule has 9 nitrogen and oxygen atoms in total. The van der Waals surface area contributed by atoms with Crippen LogP contribution < -0.4 is 15.7 Å². The van der Waals surface area contributed by atoms with E-state index in [0.29, 0.717) is 23.0 Å². The van der Waals surface area contributed by atoms with Crippen LogP contribution in [-0.4, -0.2) is 24.8 Å². The van der Waals surface area contributed by atoms with Crippen LogP contribution in [0.2, 0.25) is 0 Å². The van der Waals surface area contributed by atoms with E-state index >= 15 is 0 Å². The van der Waals surface area contributed by atoms with Crippen LogP contribution in [0.1, 0.15) is 39.2 Å². The highest BCUT2D eigenvalue weighted by atomic mass is 32.2. The molecule has 0 unspecified atom stereocenters. The van der Waals surface area contributed by atoms with Gasteiger partial charge < -0.3 is 9.88 Å². The molecule has 0 spiro atoms. The Morgan fingerprint density at radius 2 is 1.85 bits per heavy atom. The molecule has 0 aliphatic carbocycles. The molecule has 0 fully saturated rings. The molecule has 3 rings (SSSR count). The third-order valence-corrected chi connectivity index (χ3v) is 6.21. The Kier molecular flexibility index (Phi) is 7.79. The third-order valence-electron chi connectivity index (χ3n) is 5.01. The summed E-state index contributed by atoms with van der Waals surface area (Å²) in [5.74, 6) is -1.16. The number of hydrogen-bond acceptors (Lipinski definition) is 5. The van der Waals surface area contributed by atoms with E-state index in [4.69, 9.17) is 0 Å². The third kappa shape index (κ3) is 5.95. The maximum atomic E-state index is 13.9. The number of carbonyl (C=O) groups excluding carboxylic acids is 2.